The number of hydrogen-bond donors (Lipinski definition) is 1. The molecule has 3 heterocycles. The molecule has 1 aliphatic rings. The average molecular weight is 352 g/mol. The van der Waals surface area contributed by atoms with Crippen LogP contribution in [0.2, 0.25) is 0 Å². The van der Waals surface area contributed by atoms with Gasteiger partial charge in [-0.05, 0) is 36.2 Å². The van der Waals surface area contributed by atoms with E-state index >= 15 is 0 Å². The number of pyridine rings is 1. The van der Waals surface area contributed by atoms with Crippen molar-refractivity contribution >= 4 is 0 Å². The van der Waals surface area contributed by atoms with Gasteiger partial charge in [0.2, 0.25) is 5.89 Å². The zero-order valence-corrected chi connectivity index (χ0v) is 14.7. The zero-order valence-electron chi connectivity index (χ0n) is 14.7. The summed E-state index contributed by atoms with van der Waals surface area (Å²) in [6.07, 6.45) is 1.79. The van der Waals surface area contributed by atoms with Gasteiger partial charge in [-0.2, -0.15) is 4.98 Å². The van der Waals surface area contributed by atoms with E-state index in [2.05, 4.69) is 26.5 Å². The Kier molecular flexibility index (Phi) is 4.53. The summed E-state index contributed by atoms with van der Waals surface area (Å²) in [6.45, 7) is 5.52. The molecule has 1 unspecified atom stereocenters. The molecule has 0 fully saturated rings. The highest BCUT2D eigenvalue weighted by atomic mass is 16.6. The summed E-state index contributed by atoms with van der Waals surface area (Å²) in [6, 6.07) is 9.63. The van der Waals surface area contributed by atoms with E-state index in [1.54, 1.807) is 13.1 Å². The molecule has 1 aliphatic heterocycles. The van der Waals surface area contributed by atoms with Gasteiger partial charge >= 0.3 is 0 Å². The summed E-state index contributed by atoms with van der Waals surface area (Å²) in [5.41, 5.74) is 3.09. The summed E-state index contributed by atoms with van der Waals surface area (Å²) in [5.74, 6) is 2.60. The van der Waals surface area contributed by atoms with Gasteiger partial charge in [-0.3, -0.25) is 10.3 Å². The Morgan fingerprint density at radius 1 is 1.12 bits per heavy atom. The first-order valence-electron chi connectivity index (χ1n) is 8.54. The molecule has 3 aromatic rings. The van der Waals surface area contributed by atoms with Crippen molar-refractivity contribution in [1.82, 2.24) is 20.4 Å². The van der Waals surface area contributed by atoms with E-state index < -0.39 is 0 Å². The van der Waals surface area contributed by atoms with Gasteiger partial charge in [0.15, 0.2) is 17.3 Å². The van der Waals surface area contributed by atoms with Crippen molar-refractivity contribution in [2.75, 3.05) is 13.2 Å². The molecule has 1 aromatic carbocycles. The minimum atomic E-state index is -0.233. The second-order valence-corrected chi connectivity index (χ2v) is 6.14. The summed E-state index contributed by atoms with van der Waals surface area (Å²) < 4.78 is 16.5. The predicted octanol–water partition coefficient (Wildman–Crippen LogP) is 2.73. The second-order valence-electron chi connectivity index (χ2n) is 6.14. The normalized spacial score (nSPS) is 14.2. The highest BCUT2D eigenvalue weighted by Crippen LogP contribution is 2.34. The van der Waals surface area contributed by atoms with Crippen LogP contribution in [0.4, 0.5) is 0 Å². The summed E-state index contributed by atoms with van der Waals surface area (Å²) in [7, 11) is 0. The van der Waals surface area contributed by atoms with Gasteiger partial charge in [0.05, 0.1) is 6.04 Å². The molecule has 0 aliphatic carbocycles. The monoisotopic (exact) mass is 352 g/mol. The van der Waals surface area contributed by atoms with Gasteiger partial charge < -0.3 is 14.0 Å². The molecule has 1 atom stereocenters. The van der Waals surface area contributed by atoms with Crippen molar-refractivity contribution in [2.45, 2.75) is 26.4 Å². The lowest BCUT2D eigenvalue weighted by Crippen LogP contribution is -2.24. The number of aromatic nitrogens is 3. The summed E-state index contributed by atoms with van der Waals surface area (Å²) in [4.78, 5) is 8.74. The van der Waals surface area contributed by atoms with Crippen LogP contribution in [0.15, 0.2) is 41.1 Å². The van der Waals surface area contributed by atoms with Gasteiger partial charge in [0.1, 0.15) is 13.2 Å². The van der Waals surface area contributed by atoms with Crippen LogP contribution in [0.1, 0.15) is 34.6 Å². The smallest absolute Gasteiger partial charge is 0.223 e. The molecule has 0 radical (unpaired) electrons. The molecule has 26 heavy (non-hydrogen) atoms. The fourth-order valence-electron chi connectivity index (χ4n) is 2.95. The molecule has 0 amide bonds. The first kappa shape index (κ1) is 16.5. The molecule has 0 bridgehead atoms. The van der Waals surface area contributed by atoms with Crippen molar-refractivity contribution in [1.29, 1.82) is 0 Å². The van der Waals surface area contributed by atoms with Crippen LogP contribution >= 0.6 is 0 Å². The number of aryl methyl sites for hydroxylation is 2. The number of nitrogens with one attached hydrogen (secondary N) is 1. The molecular formula is C19H20N4O3. The standard InChI is InChI=1S/C19H20N4O3/c1-12-15(4-3-7-20-12)11-21-18(19-22-13(2)26-23-19)14-5-6-16-17(10-14)25-9-8-24-16/h3-7,10,18,21H,8-9,11H2,1-2H3. The molecule has 134 valence electrons. The number of hydrogen-bond acceptors (Lipinski definition) is 7. The first-order chi connectivity index (χ1) is 12.7. The molecule has 7 nitrogen and oxygen atoms in total. The van der Waals surface area contributed by atoms with Crippen molar-refractivity contribution in [2.24, 2.45) is 0 Å². The van der Waals surface area contributed by atoms with Crippen molar-refractivity contribution in [3.8, 4) is 11.5 Å². The number of fused-ring (bicyclic) bond motifs is 1. The second kappa shape index (κ2) is 7.13. The van der Waals surface area contributed by atoms with Gasteiger partial charge in [-0.1, -0.05) is 17.3 Å². The zero-order chi connectivity index (χ0) is 17.9. The fraction of sp³-hybridized carbons (Fsp3) is 0.316. The van der Waals surface area contributed by atoms with E-state index in [0.29, 0.717) is 31.5 Å². The number of rotatable bonds is 5. The highest BCUT2D eigenvalue weighted by Gasteiger charge is 2.22. The molecule has 2 aromatic heterocycles. The quantitative estimate of drug-likeness (QED) is 0.756. The molecule has 0 saturated heterocycles. The predicted molar refractivity (Wildman–Crippen MR) is 94.1 cm³/mol. The van der Waals surface area contributed by atoms with E-state index in [1.165, 1.54) is 0 Å². The van der Waals surface area contributed by atoms with Gasteiger partial charge in [-0.25, -0.2) is 0 Å². The molecule has 7 heteroatoms. The Hall–Kier alpha value is -2.93. The highest BCUT2D eigenvalue weighted by molar-refractivity contribution is 5.45. The van der Waals surface area contributed by atoms with Crippen LogP contribution in [0, 0.1) is 13.8 Å². The number of ether oxygens (including phenoxy) is 2. The van der Waals surface area contributed by atoms with Crippen LogP contribution in [0.25, 0.3) is 0 Å². The average Bonchev–Trinajstić information content (AvgIpc) is 3.09. The maximum Gasteiger partial charge on any atom is 0.223 e. The van der Waals surface area contributed by atoms with Gasteiger partial charge in [0.25, 0.3) is 0 Å². The van der Waals surface area contributed by atoms with E-state index in [9.17, 15) is 0 Å². The van der Waals surface area contributed by atoms with Crippen LogP contribution in [0.3, 0.4) is 0 Å². The van der Waals surface area contributed by atoms with E-state index in [1.807, 2.05) is 31.2 Å². The third kappa shape index (κ3) is 3.39. The van der Waals surface area contributed by atoms with Crippen LogP contribution in [0.5, 0.6) is 11.5 Å². The summed E-state index contributed by atoms with van der Waals surface area (Å²) in [5, 5.41) is 7.61. The third-order valence-electron chi connectivity index (χ3n) is 4.31. The Morgan fingerprint density at radius 3 is 2.73 bits per heavy atom. The lowest BCUT2D eigenvalue weighted by molar-refractivity contribution is 0.171. The summed E-state index contributed by atoms with van der Waals surface area (Å²) >= 11 is 0. The topological polar surface area (TPSA) is 82.3 Å². The van der Waals surface area contributed by atoms with Gasteiger partial charge in [-0.15, -0.1) is 0 Å². The Bertz CT molecular complexity index is 909. The maximum absolute atomic E-state index is 5.71. The number of nitrogens with zero attached hydrogens (tertiary/aromatic N) is 3. The molecule has 4 rings (SSSR count). The number of benzene rings is 1. The van der Waals surface area contributed by atoms with E-state index in [4.69, 9.17) is 14.0 Å². The van der Waals surface area contributed by atoms with E-state index in [0.717, 1.165) is 28.3 Å². The Balaban J connectivity index is 1.64. The van der Waals surface area contributed by atoms with Crippen molar-refractivity contribution < 1.29 is 14.0 Å². The minimum Gasteiger partial charge on any atom is -0.486 e. The Labute approximate surface area is 151 Å². The molecule has 0 saturated carbocycles. The van der Waals surface area contributed by atoms with E-state index in [-0.39, 0.29) is 6.04 Å². The largest absolute Gasteiger partial charge is 0.486 e. The fourth-order valence-corrected chi connectivity index (χ4v) is 2.95. The van der Waals surface area contributed by atoms with Gasteiger partial charge in [0, 0.05) is 25.4 Å². The third-order valence-corrected chi connectivity index (χ3v) is 4.31. The minimum absolute atomic E-state index is 0.233. The molecular weight excluding hydrogens is 332 g/mol. The van der Waals surface area contributed by atoms with Crippen molar-refractivity contribution in [3.63, 3.8) is 0 Å². The lowest BCUT2D eigenvalue weighted by atomic mass is 10.0. The van der Waals surface area contributed by atoms with Crippen LogP contribution in [-0.2, 0) is 6.54 Å². The first-order valence-corrected chi connectivity index (χ1v) is 8.54. The molecule has 1 N–H and O–H groups in total. The maximum atomic E-state index is 5.71. The van der Waals surface area contributed by atoms with Crippen molar-refractivity contribution in [3.05, 3.63) is 65.1 Å². The Morgan fingerprint density at radius 2 is 1.96 bits per heavy atom. The molecule has 0 spiro atoms. The van der Waals surface area contributed by atoms with Crippen LogP contribution < -0.4 is 14.8 Å². The lowest BCUT2D eigenvalue weighted by Gasteiger charge is -2.21. The SMILES string of the molecule is Cc1nc(C(NCc2cccnc2C)c2ccc3c(c2)OCCO3)no1. The van der Waals surface area contributed by atoms with Crippen LogP contribution in [-0.4, -0.2) is 28.3 Å².